The van der Waals surface area contributed by atoms with Gasteiger partial charge < -0.3 is 4.42 Å². The largest absolute Gasteiger partial charge is 0.423 e. The molecule has 2 heteroatoms. The van der Waals surface area contributed by atoms with Gasteiger partial charge in [0.1, 0.15) is 5.58 Å². The lowest BCUT2D eigenvalue weighted by atomic mass is 9.99. The highest BCUT2D eigenvalue weighted by molar-refractivity contribution is 5.95. The fourth-order valence-corrected chi connectivity index (χ4v) is 2.83. The van der Waals surface area contributed by atoms with Crippen LogP contribution < -0.4 is 5.63 Å². The van der Waals surface area contributed by atoms with E-state index in [1.807, 2.05) is 72.8 Å². The first-order valence-electron chi connectivity index (χ1n) is 7.50. The van der Waals surface area contributed by atoms with E-state index >= 15 is 0 Å². The van der Waals surface area contributed by atoms with Crippen LogP contribution in [0.1, 0.15) is 0 Å². The van der Waals surface area contributed by atoms with Crippen LogP contribution in [0.2, 0.25) is 0 Å². The van der Waals surface area contributed by atoms with E-state index in [2.05, 4.69) is 6.07 Å². The first kappa shape index (κ1) is 13.5. The normalized spacial score (nSPS) is 10.8. The Balaban J connectivity index is 1.96. The van der Waals surface area contributed by atoms with Gasteiger partial charge in [0.15, 0.2) is 0 Å². The SMILES string of the molecule is O=c1cc(-c2ccccc2)c2ccc(-c3ccccc3)cc2o1. The van der Waals surface area contributed by atoms with E-state index < -0.39 is 0 Å². The molecule has 0 N–H and O–H groups in total. The molecule has 110 valence electrons. The molecule has 0 bridgehead atoms. The maximum Gasteiger partial charge on any atom is 0.336 e. The van der Waals surface area contributed by atoms with Crippen molar-refractivity contribution in [1.82, 2.24) is 0 Å². The van der Waals surface area contributed by atoms with Crippen molar-refractivity contribution in [3.8, 4) is 22.3 Å². The van der Waals surface area contributed by atoms with Gasteiger partial charge in [-0.1, -0.05) is 66.7 Å². The van der Waals surface area contributed by atoms with E-state index in [0.29, 0.717) is 5.58 Å². The Kier molecular flexibility index (Phi) is 3.28. The van der Waals surface area contributed by atoms with Gasteiger partial charge in [0.2, 0.25) is 0 Å². The van der Waals surface area contributed by atoms with Crippen LogP contribution in [0.15, 0.2) is 94.1 Å². The number of rotatable bonds is 2. The van der Waals surface area contributed by atoms with Crippen molar-refractivity contribution in [2.45, 2.75) is 0 Å². The Bertz CT molecular complexity index is 1020. The van der Waals surface area contributed by atoms with Gasteiger partial charge in [-0.05, 0) is 34.4 Å². The molecule has 1 heterocycles. The van der Waals surface area contributed by atoms with E-state index in [9.17, 15) is 4.79 Å². The van der Waals surface area contributed by atoms with E-state index in [1.165, 1.54) is 0 Å². The molecule has 0 unspecified atom stereocenters. The Morgan fingerprint density at radius 1 is 0.609 bits per heavy atom. The maximum absolute atomic E-state index is 12.0. The van der Waals surface area contributed by atoms with Crippen molar-refractivity contribution in [1.29, 1.82) is 0 Å². The van der Waals surface area contributed by atoms with E-state index in [-0.39, 0.29) is 5.63 Å². The molecule has 0 aliphatic carbocycles. The van der Waals surface area contributed by atoms with Crippen molar-refractivity contribution in [3.63, 3.8) is 0 Å². The highest BCUT2D eigenvalue weighted by Gasteiger charge is 2.09. The lowest BCUT2D eigenvalue weighted by Crippen LogP contribution is -1.98. The standard InChI is InChI=1S/C21H14O2/c22-21-14-19(16-9-5-2-6-10-16)18-12-11-17(13-20(18)23-21)15-7-3-1-4-8-15/h1-14H. The first-order valence-corrected chi connectivity index (χ1v) is 7.50. The van der Waals surface area contributed by atoms with Crippen molar-refractivity contribution in [2.75, 3.05) is 0 Å². The van der Waals surface area contributed by atoms with Gasteiger partial charge in [0.25, 0.3) is 0 Å². The van der Waals surface area contributed by atoms with Crippen LogP contribution in [-0.4, -0.2) is 0 Å². The smallest absolute Gasteiger partial charge is 0.336 e. The second kappa shape index (κ2) is 5.58. The lowest BCUT2D eigenvalue weighted by molar-refractivity contribution is 0.561. The summed E-state index contributed by atoms with van der Waals surface area (Å²) in [4.78, 5) is 12.0. The fourth-order valence-electron chi connectivity index (χ4n) is 2.83. The molecular weight excluding hydrogens is 284 g/mol. The van der Waals surface area contributed by atoms with Gasteiger partial charge in [-0.15, -0.1) is 0 Å². The molecule has 4 aromatic rings. The van der Waals surface area contributed by atoms with E-state index in [4.69, 9.17) is 4.42 Å². The molecular formula is C21H14O2. The van der Waals surface area contributed by atoms with Crippen LogP contribution in [0.25, 0.3) is 33.2 Å². The molecule has 0 aliphatic heterocycles. The van der Waals surface area contributed by atoms with Gasteiger partial charge in [-0.3, -0.25) is 0 Å². The third-order valence-corrected chi connectivity index (χ3v) is 3.94. The second-order valence-corrected chi connectivity index (χ2v) is 5.42. The molecule has 2 nitrogen and oxygen atoms in total. The van der Waals surface area contributed by atoms with Crippen molar-refractivity contribution >= 4 is 11.0 Å². The molecule has 0 fully saturated rings. The lowest BCUT2D eigenvalue weighted by Gasteiger charge is -2.07. The molecule has 0 amide bonds. The molecule has 0 saturated carbocycles. The van der Waals surface area contributed by atoms with Crippen molar-refractivity contribution in [3.05, 3.63) is 95.3 Å². The molecule has 1 aromatic heterocycles. The highest BCUT2D eigenvalue weighted by atomic mass is 16.4. The minimum Gasteiger partial charge on any atom is -0.423 e. The van der Waals surface area contributed by atoms with Gasteiger partial charge >= 0.3 is 5.63 Å². The third-order valence-electron chi connectivity index (χ3n) is 3.94. The summed E-state index contributed by atoms with van der Waals surface area (Å²) < 4.78 is 5.43. The average molecular weight is 298 g/mol. The molecule has 0 atom stereocenters. The zero-order chi connectivity index (χ0) is 15.6. The van der Waals surface area contributed by atoms with E-state index in [0.717, 1.165) is 27.6 Å². The predicted octanol–water partition coefficient (Wildman–Crippen LogP) is 5.13. The predicted molar refractivity (Wildman–Crippen MR) is 93.4 cm³/mol. The maximum atomic E-state index is 12.0. The molecule has 3 aromatic carbocycles. The number of fused-ring (bicyclic) bond motifs is 1. The average Bonchev–Trinajstić information content (AvgIpc) is 2.62. The molecule has 0 aliphatic rings. The zero-order valence-corrected chi connectivity index (χ0v) is 12.4. The third kappa shape index (κ3) is 2.55. The molecule has 0 saturated heterocycles. The van der Waals surface area contributed by atoms with E-state index in [1.54, 1.807) is 6.07 Å². The summed E-state index contributed by atoms with van der Waals surface area (Å²) in [5, 5.41) is 0.940. The summed E-state index contributed by atoms with van der Waals surface area (Å²) in [5.41, 5.74) is 4.32. The van der Waals surface area contributed by atoms with Crippen LogP contribution in [0.5, 0.6) is 0 Å². The van der Waals surface area contributed by atoms with Crippen LogP contribution in [0.3, 0.4) is 0 Å². The minimum absolute atomic E-state index is 0.332. The molecule has 0 spiro atoms. The quantitative estimate of drug-likeness (QED) is 0.480. The summed E-state index contributed by atoms with van der Waals surface area (Å²) in [6, 6.07) is 27.5. The van der Waals surface area contributed by atoms with Gasteiger partial charge in [-0.2, -0.15) is 0 Å². The summed E-state index contributed by atoms with van der Waals surface area (Å²) in [6.45, 7) is 0. The summed E-state index contributed by atoms with van der Waals surface area (Å²) in [6.07, 6.45) is 0. The van der Waals surface area contributed by atoms with Crippen molar-refractivity contribution in [2.24, 2.45) is 0 Å². The topological polar surface area (TPSA) is 30.2 Å². The zero-order valence-electron chi connectivity index (χ0n) is 12.4. The Hall–Kier alpha value is -3.13. The molecule has 23 heavy (non-hydrogen) atoms. The van der Waals surface area contributed by atoms with Crippen LogP contribution >= 0.6 is 0 Å². The number of hydrogen-bond acceptors (Lipinski definition) is 2. The monoisotopic (exact) mass is 298 g/mol. The van der Waals surface area contributed by atoms with Crippen LogP contribution in [0, 0.1) is 0 Å². The number of hydrogen-bond donors (Lipinski definition) is 0. The highest BCUT2D eigenvalue weighted by Crippen LogP contribution is 2.30. The van der Waals surface area contributed by atoms with Crippen LogP contribution in [0.4, 0.5) is 0 Å². The minimum atomic E-state index is -0.332. The van der Waals surface area contributed by atoms with Crippen LogP contribution in [-0.2, 0) is 0 Å². The Labute approximate surface area is 133 Å². The Morgan fingerprint density at radius 3 is 1.96 bits per heavy atom. The van der Waals surface area contributed by atoms with Crippen molar-refractivity contribution < 1.29 is 4.42 Å². The van der Waals surface area contributed by atoms with Gasteiger partial charge in [0.05, 0.1) is 0 Å². The second-order valence-electron chi connectivity index (χ2n) is 5.42. The molecule has 0 radical (unpaired) electrons. The summed E-state index contributed by atoms with van der Waals surface area (Å²) >= 11 is 0. The Morgan fingerprint density at radius 2 is 1.26 bits per heavy atom. The van der Waals surface area contributed by atoms with Gasteiger partial charge in [-0.25, -0.2) is 4.79 Å². The fraction of sp³-hybridized carbons (Fsp3) is 0. The summed E-state index contributed by atoms with van der Waals surface area (Å²) in [7, 11) is 0. The first-order chi connectivity index (χ1) is 11.3. The van der Waals surface area contributed by atoms with Gasteiger partial charge in [0, 0.05) is 11.5 Å². The summed E-state index contributed by atoms with van der Waals surface area (Å²) in [5.74, 6) is 0. The number of benzene rings is 3. The molecule has 4 rings (SSSR count).